The first kappa shape index (κ1) is 12.2. The van der Waals surface area contributed by atoms with E-state index in [1.165, 1.54) is 0 Å². The van der Waals surface area contributed by atoms with Gasteiger partial charge in [0, 0.05) is 12.5 Å². The third-order valence-corrected chi connectivity index (χ3v) is 4.29. The van der Waals surface area contributed by atoms with Crippen LogP contribution in [0.5, 0.6) is 0 Å². The molecular formula is C15H18N2O2. The summed E-state index contributed by atoms with van der Waals surface area (Å²) in [4.78, 5) is 25.9. The number of rotatable bonds is 2. The Morgan fingerprint density at radius 1 is 1.21 bits per heavy atom. The van der Waals surface area contributed by atoms with Gasteiger partial charge in [-0.2, -0.15) is 0 Å². The summed E-state index contributed by atoms with van der Waals surface area (Å²) in [5.41, 5.74) is 7.56. The predicted molar refractivity (Wildman–Crippen MR) is 71.1 cm³/mol. The van der Waals surface area contributed by atoms with E-state index in [4.69, 9.17) is 5.73 Å². The van der Waals surface area contributed by atoms with Crippen LogP contribution in [0.1, 0.15) is 36.4 Å². The van der Waals surface area contributed by atoms with E-state index in [1.54, 1.807) is 4.90 Å². The monoisotopic (exact) mass is 258 g/mol. The zero-order valence-corrected chi connectivity index (χ0v) is 10.8. The molecule has 1 atom stereocenters. The third-order valence-electron chi connectivity index (χ3n) is 4.29. The fourth-order valence-electron chi connectivity index (χ4n) is 3.00. The Labute approximate surface area is 112 Å². The number of benzene rings is 1. The highest BCUT2D eigenvalue weighted by Crippen LogP contribution is 2.35. The van der Waals surface area contributed by atoms with Gasteiger partial charge in [0.15, 0.2) is 0 Å². The van der Waals surface area contributed by atoms with Crippen LogP contribution in [0, 0.1) is 5.92 Å². The van der Waals surface area contributed by atoms with E-state index < -0.39 is 11.9 Å². The highest BCUT2D eigenvalue weighted by molar-refractivity contribution is 5.89. The standard InChI is InChI=1S/C15H18N2O2/c16-14(18)13-12-7-2-1-4-10(12)8-9-17(13)15(19)11-5-3-6-11/h1-2,4,7,11,13H,3,5-6,8-9H2,(H2,16,18). The van der Waals surface area contributed by atoms with Gasteiger partial charge in [0.2, 0.25) is 11.8 Å². The Hall–Kier alpha value is -1.84. The summed E-state index contributed by atoms with van der Waals surface area (Å²) in [5, 5.41) is 0. The molecule has 1 heterocycles. The maximum atomic E-state index is 12.4. The van der Waals surface area contributed by atoms with Crippen molar-refractivity contribution >= 4 is 11.8 Å². The summed E-state index contributed by atoms with van der Waals surface area (Å²) in [6.45, 7) is 0.597. The van der Waals surface area contributed by atoms with Crippen LogP contribution in [0.3, 0.4) is 0 Å². The minimum Gasteiger partial charge on any atom is -0.368 e. The molecule has 100 valence electrons. The third kappa shape index (κ3) is 2.01. The van der Waals surface area contributed by atoms with Crippen LogP contribution in [0.15, 0.2) is 24.3 Å². The van der Waals surface area contributed by atoms with Crippen molar-refractivity contribution in [1.29, 1.82) is 0 Å². The van der Waals surface area contributed by atoms with Crippen molar-refractivity contribution in [2.75, 3.05) is 6.54 Å². The Bertz CT molecular complexity index is 523. The number of hydrogen-bond donors (Lipinski definition) is 1. The molecule has 0 bridgehead atoms. The van der Waals surface area contributed by atoms with Crippen molar-refractivity contribution in [2.24, 2.45) is 11.7 Å². The second-order valence-electron chi connectivity index (χ2n) is 5.41. The van der Waals surface area contributed by atoms with E-state index in [9.17, 15) is 9.59 Å². The first-order valence-electron chi connectivity index (χ1n) is 6.86. The van der Waals surface area contributed by atoms with Crippen molar-refractivity contribution in [1.82, 2.24) is 4.90 Å². The van der Waals surface area contributed by atoms with Gasteiger partial charge in [-0.1, -0.05) is 30.7 Å². The van der Waals surface area contributed by atoms with Crippen molar-refractivity contribution in [3.63, 3.8) is 0 Å². The highest BCUT2D eigenvalue weighted by Gasteiger charge is 2.38. The van der Waals surface area contributed by atoms with Crippen LogP contribution in [-0.4, -0.2) is 23.3 Å². The second-order valence-corrected chi connectivity index (χ2v) is 5.41. The van der Waals surface area contributed by atoms with Crippen LogP contribution in [0.25, 0.3) is 0 Å². The van der Waals surface area contributed by atoms with E-state index in [0.29, 0.717) is 6.54 Å². The van der Waals surface area contributed by atoms with E-state index >= 15 is 0 Å². The molecule has 0 spiro atoms. The van der Waals surface area contributed by atoms with Crippen molar-refractivity contribution in [3.05, 3.63) is 35.4 Å². The fourth-order valence-corrected chi connectivity index (χ4v) is 3.00. The molecule has 1 aliphatic heterocycles. The molecule has 0 aromatic heterocycles. The maximum Gasteiger partial charge on any atom is 0.244 e. The van der Waals surface area contributed by atoms with E-state index in [1.807, 2.05) is 24.3 Å². The highest BCUT2D eigenvalue weighted by atomic mass is 16.2. The average molecular weight is 258 g/mol. The lowest BCUT2D eigenvalue weighted by molar-refractivity contribution is -0.145. The quantitative estimate of drug-likeness (QED) is 0.871. The molecule has 4 nitrogen and oxygen atoms in total. The molecule has 2 aliphatic rings. The van der Waals surface area contributed by atoms with Crippen molar-refractivity contribution in [2.45, 2.75) is 31.7 Å². The van der Waals surface area contributed by atoms with Crippen LogP contribution < -0.4 is 5.73 Å². The smallest absolute Gasteiger partial charge is 0.244 e. The number of hydrogen-bond acceptors (Lipinski definition) is 2. The zero-order chi connectivity index (χ0) is 13.4. The minimum absolute atomic E-state index is 0.101. The van der Waals surface area contributed by atoms with Crippen LogP contribution in [0.4, 0.5) is 0 Å². The van der Waals surface area contributed by atoms with E-state index in [-0.39, 0.29) is 11.8 Å². The first-order valence-corrected chi connectivity index (χ1v) is 6.86. The molecule has 4 heteroatoms. The Morgan fingerprint density at radius 2 is 1.95 bits per heavy atom. The molecule has 2 N–H and O–H groups in total. The van der Waals surface area contributed by atoms with E-state index in [2.05, 4.69) is 0 Å². The largest absolute Gasteiger partial charge is 0.368 e. The average Bonchev–Trinajstić information content (AvgIpc) is 2.35. The predicted octanol–water partition coefficient (Wildman–Crippen LogP) is 1.40. The molecule has 1 aromatic carbocycles. The normalized spacial score (nSPS) is 22.5. The summed E-state index contributed by atoms with van der Waals surface area (Å²) in [6.07, 6.45) is 3.81. The molecule has 19 heavy (non-hydrogen) atoms. The summed E-state index contributed by atoms with van der Waals surface area (Å²) in [6, 6.07) is 7.19. The number of nitrogens with zero attached hydrogens (tertiary/aromatic N) is 1. The van der Waals surface area contributed by atoms with Crippen molar-refractivity contribution in [3.8, 4) is 0 Å². The van der Waals surface area contributed by atoms with Crippen molar-refractivity contribution < 1.29 is 9.59 Å². The molecule has 1 unspecified atom stereocenters. The Morgan fingerprint density at radius 3 is 2.58 bits per heavy atom. The zero-order valence-electron chi connectivity index (χ0n) is 10.8. The van der Waals surface area contributed by atoms with Crippen LogP contribution >= 0.6 is 0 Å². The number of carbonyl (C=O) groups excluding carboxylic acids is 2. The van der Waals surface area contributed by atoms with Gasteiger partial charge in [0.05, 0.1) is 0 Å². The van der Waals surface area contributed by atoms with E-state index in [0.717, 1.165) is 36.8 Å². The number of amides is 2. The molecule has 1 fully saturated rings. The maximum absolute atomic E-state index is 12.4. The first-order chi connectivity index (χ1) is 9.18. The van der Waals surface area contributed by atoms with Crippen LogP contribution in [0.2, 0.25) is 0 Å². The number of carbonyl (C=O) groups is 2. The molecule has 0 saturated heterocycles. The summed E-state index contributed by atoms with van der Waals surface area (Å²) in [5.74, 6) is -0.225. The summed E-state index contributed by atoms with van der Waals surface area (Å²) in [7, 11) is 0. The lowest BCUT2D eigenvalue weighted by Gasteiger charge is -2.39. The lowest BCUT2D eigenvalue weighted by Crippen LogP contribution is -2.48. The van der Waals surface area contributed by atoms with Crippen LogP contribution in [-0.2, 0) is 16.0 Å². The number of primary amides is 1. The van der Waals surface area contributed by atoms with Gasteiger partial charge >= 0.3 is 0 Å². The fraction of sp³-hybridized carbons (Fsp3) is 0.467. The lowest BCUT2D eigenvalue weighted by atomic mass is 9.82. The topological polar surface area (TPSA) is 63.4 Å². The van der Waals surface area contributed by atoms with Gasteiger partial charge in [-0.05, 0) is 30.4 Å². The van der Waals surface area contributed by atoms with Gasteiger partial charge < -0.3 is 10.6 Å². The summed E-state index contributed by atoms with van der Waals surface area (Å²) >= 11 is 0. The Balaban J connectivity index is 1.93. The SMILES string of the molecule is NC(=O)C1c2ccccc2CCN1C(=O)C1CCC1. The molecule has 1 aromatic rings. The molecule has 0 radical (unpaired) electrons. The molecule has 1 aliphatic carbocycles. The molecule has 3 rings (SSSR count). The molecule has 1 saturated carbocycles. The van der Waals surface area contributed by atoms with Gasteiger partial charge in [-0.3, -0.25) is 9.59 Å². The molecule has 2 amide bonds. The Kier molecular flexibility index (Phi) is 3.01. The number of nitrogens with two attached hydrogens (primary N) is 1. The second kappa shape index (κ2) is 4.68. The summed E-state index contributed by atoms with van der Waals surface area (Å²) < 4.78 is 0. The molecular weight excluding hydrogens is 240 g/mol. The number of fused-ring (bicyclic) bond motifs is 1. The van der Waals surface area contributed by atoms with Gasteiger partial charge in [-0.15, -0.1) is 0 Å². The van der Waals surface area contributed by atoms with Gasteiger partial charge in [-0.25, -0.2) is 0 Å². The van der Waals surface area contributed by atoms with Gasteiger partial charge in [0.25, 0.3) is 0 Å². The minimum atomic E-state index is -0.585. The van der Waals surface area contributed by atoms with Gasteiger partial charge in [0.1, 0.15) is 6.04 Å².